The van der Waals surface area contributed by atoms with Crippen LogP contribution in [0.15, 0.2) is 18.2 Å². The molecule has 2 heteroatoms. The van der Waals surface area contributed by atoms with Crippen LogP contribution in [0.3, 0.4) is 0 Å². The van der Waals surface area contributed by atoms with Crippen molar-refractivity contribution in [3.63, 3.8) is 0 Å². The third-order valence-corrected chi connectivity index (χ3v) is 2.83. The summed E-state index contributed by atoms with van der Waals surface area (Å²) in [7, 11) is 0. The van der Waals surface area contributed by atoms with Crippen molar-refractivity contribution in [3.05, 3.63) is 34.9 Å². The highest BCUT2D eigenvalue weighted by Crippen LogP contribution is 2.31. The molecule has 0 bridgehead atoms. The standard InChI is InChI=1S/C12H14N2/c1-12(2)8-14-7-10-5-3-4-9(6-13)11(10)12/h3-5,14H,7-8H2,1-2H3. The van der Waals surface area contributed by atoms with Gasteiger partial charge in [0.1, 0.15) is 0 Å². The molecule has 2 rings (SSSR count). The van der Waals surface area contributed by atoms with Gasteiger partial charge in [-0.1, -0.05) is 26.0 Å². The van der Waals surface area contributed by atoms with Crippen LogP contribution in [0.2, 0.25) is 0 Å². The molecule has 0 spiro atoms. The second-order valence-electron chi connectivity index (χ2n) is 4.44. The van der Waals surface area contributed by atoms with Gasteiger partial charge in [-0.3, -0.25) is 0 Å². The second-order valence-corrected chi connectivity index (χ2v) is 4.44. The van der Waals surface area contributed by atoms with E-state index >= 15 is 0 Å². The van der Waals surface area contributed by atoms with E-state index in [1.165, 1.54) is 11.1 Å². The van der Waals surface area contributed by atoms with Crippen molar-refractivity contribution in [2.45, 2.75) is 25.8 Å². The lowest BCUT2D eigenvalue weighted by molar-refractivity contribution is 0.434. The fourth-order valence-electron chi connectivity index (χ4n) is 2.24. The number of hydrogen-bond donors (Lipinski definition) is 1. The molecule has 0 fully saturated rings. The van der Waals surface area contributed by atoms with E-state index < -0.39 is 0 Å². The Bertz CT molecular complexity index is 399. The maximum absolute atomic E-state index is 9.06. The first-order valence-corrected chi connectivity index (χ1v) is 4.88. The van der Waals surface area contributed by atoms with Gasteiger partial charge in [-0.2, -0.15) is 5.26 Å². The first-order chi connectivity index (χ1) is 6.65. The lowest BCUT2D eigenvalue weighted by Crippen LogP contribution is -2.39. The van der Waals surface area contributed by atoms with Crippen LogP contribution in [0.25, 0.3) is 0 Å². The van der Waals surface area contributed by atoms with Gasteiger partial charge in [-0.25, -0.2) is 0 Å². The maximum Gasteiger partial charge on any atom is 0.0994 e. The molecular weight excluding hydrogens is 172 g/mol. The molecule has 1 aliphatic heterocycles. The van der Waals surface area contributed by atoms with Crippen molar-refractivity contribution in [3.8, 4) is 6.07 Å². The Labute approximate surface area is 84.6 Å². The third kappa shape index (κ3) is 1.30. The molecule has 1 aromatic rings. The van der Waals surface area contributed by atoms with Gasteiger partial charge in [0.15, 0.2) is 0 Å². The Balaban J connectivity index is 2.66. The van der Waals surface area contributed by atoms with E-state index in [0.717, 1.165) is 18.7 Å². The first kappa shape index (κ1) is 9.23. The van der Waals surface area contributed by atoms with E-state index in [4.69, 9.17) is 5.26 Å². The monoisotopic (exact) mass is 186 g/mol. The summed E-state index contributed by atoms with van der Waals surface area (Å²) in [5.74, 6) is 0. The van der Waals surface area contributed by atoms with Crippen molar-refractivity contribution in [1.29, 1.82) is 5.26 Å². The highest BCUT2D eigenvalue weighted by atomic mass is 14.9. The minimum absolute atomic E-state index is 0.0694. The van der Waals surface area contributed by atoms with Crippen molar-refractivity contribution in [2.75, 3.05) is 6.54 Å². The summed E-state index contributed by atoms with van der Waals surface area (Å²) in [6.07, 6.45) is 0. The average Bonchev–Trinajstić information content (AvgIpc) is 2.16. The molecule has 0 amide bonds. The topological polar surface area (TPSA) is 35.8 Å². The van der Waals surface area contributed by atoms with Gasteiger partial charge in [0.2, 0.25) is 0 Å². The van der Waals surface area contributed by atoms with Crippen LogP contribution in [0.4, 0.5) is 0 Å². The molecule has 0 aromatic heterocycles. The SMILES string of the molecule is CC1(C)CNCc2cccc(C#N)c21. The van der Waals surface area contributed by atoms with Crippen molar-refractivity contribution < 1.29 is 0 Å². The molecular formula is C12H14N2. The number of hydrogen-bond acceptors (Lipinski definition) is 2. The zero-order valence-electron chi connectivity index (χ0n) is 8.59. The van der Waals surface area contributed by atoms with E-state index in [9.17, 15) is 0 Å². The molecule has 1 N–H and O–H groups in total. The first-order valence-electron chi connectivity index (χ1n) is 4.88. The molecule has 0 aliphatic carbocycles. The van der Waals surface area contributed by atoms with Gasteiger partial charge < -0.3 is 5.32 Å². The number of fused-ring (bicyclic) bond motifs is 1. The zero-order chi connectivity index (χ0) is 10.2. The maximum atomic E-state index is 9.06. The van der Waals surface area contributed by atoms with Crippen LogP contribution in [0.1, 0.15) is 30.5 Å². The minimum atomic E-state index is 0.0694. The molecule has 0 radical (unpaired) electrons. The number of nitriles is 1. The summed E-state index contributed by atoms with van der Waals surface area (Å²) >= 11 is 0. The Hall–Kier alpha value is -1.33. The summed E-state index contributed by atoms with van der Waals surface area (Å²) in [5, 5.41) is 12.4. The number of nitrogens with one attached hydrogen (secondary N) is 1. The van der Waals surface area contributed by atoms with E-state index in [-0.39, 0.29) is 5.41 Å². The minimum Gasteiger partial charge on any atom is -0.312 e. The summed E-state index contributed by atoms with van der Waals surface area (Å²) < 4.78 is 0. The molecule has 2 nitrogen and oxygen atoms in total. The number of benzene rings is 1. The third-order valence-electron chi connectivity index (χ3n) is 2.83. The Morgan fingerprint density at radius 1 is 1.43 bits per heavy atom. The Morgan fingerprint density at radius 3 is 2.93 bits per heavy atom. The molecule has 1 heterocycles. The highest BCUT2D eigenvalue weighted by molar-refractivity contribution is 5.48. The molecule has 0 unspecified atom stereocenters. The van der Waals surface area contributed by atoms with Crippen molar-refractivity contribution in [2.24, 2.45) is 0 Å². The van der Waals surface area contributed by atoms with Crippen LogP contribution in [-0.2, 0) is 12.0 Å². The zero-order valence-corrected chi connectivity index (χ0v) is 8.59. The van der Waals surface area contributed by atoms with E-state index in [2.05, 4.69) is 31.3 Å². The molecule has 72 valence electrons. The normalized spacial score (nSPS) is 18.4. The lowest BCUT2D eigenvalue weighted by Gasteiger charge is -2.33. The smallest absolute Gasteiger partial charge is 0.0994 e. The van der Waals surface area contributed by atoms with Crippen LogP contribution in [0, 0.1) is 11.3 Å². The average molecular weight is 186 g/mol. The summed E-state index contributed by atoms with van der Waals surface area (Å²) in [6, 6.07) is 8.25. The molecule has 1 aromatic carbocycles. The van der Waals surface area contributed by atoms with Gasteiger partial charge in [-0.15, -0.1) is 0 Å². The van der Waals surface area contributed by atoms with Crippen LogP contribution in [0.5, 0.6) is 0 Å². The van der Waals surface area contributed by atoms with E-state index in [1.54, 1.807) is 0 Å². The number of nitrogens with zero attached hydrogens (tertiary/aromatic N) is 1. The largest absolute Gasteiger partial charge is 0.312 e. The van der Waals surface area contributed by atoms with Crippen molar-refractivity contribution in [1.82, 2.24) is 5.32 Å². The fourth-order valence-corrected chi connectivity index (χ4v) is 2.24. The van der Waals surface area contributed by atoms with Gasteiger partial charge in [0, 0.05) is 18.5 Å². The molecule has 0 saturated heterocycles. The van der Waals surface area contributed by atoms with E-state index in [1.807, 2.05) is 12.1 Å². The summed E-state index contributed by atoms with van der Waals surface area (Å²) in [6.45, 7) is 6.19. The van der Waals surface area contributed by atoms with Crippen LogP contribution < -0.4 is 5.32 Å². The Morgan fingerprint density at radius 2 is 2.21 bits per heavy atom. The predicted octanol–water partition coefficient (Wildman–Crippen LogP) is 1.94. The van der Waals surface area contributed by atoms with Crippen molar-refractivity contribution >= 4 is 0 Å². The van der Waals surface area contributed by atoms with Gasteiger partial charge in [-0.05, 0) is 17.2 Å². The van der Waals surface area contributed by atoms with Gasteiger partial charge in [0.05, 0.1) is 11.6 Å². The second kappa shape index (κ2) is 3.11. The Kier molecular flexibility index (Phi) is 2.05. The highest BCUT2D eigenvalue weighted by Gasteiger charge is 2.29. The van der Waals surface area contributed by atoms with E-state index in [0.29, 0.717) is 0 Å². The molecule has 14 heavy (non-hydrogen) atoms. The predicted molar refractivity (Wildman–Crippen MR) is 55.9 cm³/mol. The molecule has 0 atom stereocenters. The van der Waals surface area contributed by atoms with Gasteiger partial charge in [0.25, 0.3) is 0 Å². The molecule has 0 saturated carbocycles. The summed E-state index contributed by atoms with van der Waals surface area (Å²) in [4.78, 5) is 0. The lowest BCUT2D eigenvalue weighted by atomic mass is 9.77. The number of rotatable bonds is 0. The van der Waals surface area contributed by atoms with Gasteiger partial charge >= 0.3 is 0 Å². The summed E-state index contributed by atoms with van der Waals surface area (Å²) in [5.41, 5.74) is 3.38. The molecule has 1 aliphatic rings. The quantitative estimate of drug-likeness (QED) is 0.672. The van der Waals surface area contributed by atoms with Crippen LogP contribution >= 0.6 is 0 Å². The van der Waals surface area contributed by atoms with Crippen LogP contribution in [-0.4, -0.2) is 6.54 Å². The fraction of sp³-hybridized carbons (Fsp3) is 0.417.